The van der Waals surface area contributed by atoms with E-state index in [1.54, 1.807) is 30.9 Å². The van der Waals surface area contributed by atoms with Gasteiger partial charge in [0.2, 0.25) is 0 Å². The minimum absolute atomic E-state index is 0.0153. The molecule has 1 heterocycles. The molecular formula is C17H16N3O2. The number of ether oxygens (including phenoxy) is 1. The van der Waals surface area contributed by atoms with Gasteiger partial charge in [0.15, 0.2) is 0 Å². The first-order chi connectivity index (χ1) is 10.6. The second kappa shape index (κ2) is 5.89. The first kappa shape index (κ1) is 14.1. The molecule has 0 spiro atoms. The van der Waals surface area contributed by atoms with Crippen LogP contribution in [0, 0.1) is 12.0 Å². The molecule has 4 N–H and O–H groups in total. The highest BCUT2D eigenvalue weighted by Gasteiger charge is 2.12. The summed E-state index contributed by atoms with van der Waals surface area (Å²) >= 11 is 0. The predicted octanol–water partition coefficient (Wildman–Crippen LogP) is 2.71. The first-order valence-electron chi connectivity index (χ1n) is 7.00. The molecule has 0 aromatic heterocycles. The molecule has 0 aliphatic carbocycles. The van der Waals surface area contributed by atoms with Gasteiger partial charge in [0.05, 0.1) is 0 Å². The van der Waals surface area contributed by atoms with Crippen LogP contribution in [0.2, 0.25) is 0 Å². The number of anilines is 1. The second-order valence-electron chi connectivity index (χ2n) is 5.09. The SMILES string of the molecule is N=C(N)c1ccc(C(=O)Nc2ccc3c(c2)CC[CH]O3)cc1. The molecular weight excluding hydrogens is 278 g/mol. The number of benzene rings is 2. The van der Waals surface area contributed by atoms with Crippen LogP contribution in [0.25, 0.3) is 0 Å². The third-order valence-corrected chi connectivity index (χ3v) is 3.52. The van der Waals surface area contributed by atoms with E-state index in [4.69, 9.17) is 15.9 Å². The highest BCUT2D eigenvalue weighted by molar-refractivity contribution is 6.05. The summed E-state index contributed by atoms with van der Waals surface area (Å²) in [7, 11) is 0. The van der Waals surface area contributed by atoms with E-state index in [0.717, 1.165) is 29.8 Å². The smallest absolute Gasteiger partial charge is 0.255 e. The van der Waals surface area contributed by atoms with Gasteiger partial charge in [-0.05, 0) is 48.7 Å². The summed E-state index contributed by atoms with van der Waals surface area (Å²) in [5.74, 6) is 0.631. The van der Waals surface area contributed by atoms with Crippen molar-refractivity contribution >= 4 is 17.4 Å². The van der Waals surface area contributed by atoms with Crippen molar-refractivity contribution in [3.05, 3.63) is 65.8 Å². The topological polar surface area (TPSA) is 88.2 Å². The summed E-state index contributed by atoms with van der Waals surface area (Å²) in [5.41, 5.74) is 8.34. The molecule has 0 saturated heterocycles. The van der Waals surface area contributed by atoms with Crippen LogP contribution in [0.15, 0.2) is 42.5 Å². The van der Waals surface area contributed by atoms with Crippen LogP contribution >= 0.6 is 0 Å². The van der Waals surface area contributed by atoms with Crippen LogP contribution < -0.4 is 15.8 Å². The molecule has 1 aliphatic heterocycles. The molecule has 5 heteroatoms. The monoisotopic (exact) mass is 294 g/mol. The zero-order chi connectivity index (χ0) is 15.5. The molecule has 3 rings (SSSR count). The number of hydrogen-bond acceptors (Lipinski definition) is 3. The molecule has 1 radical (unpaired) electrons. The van der Waals surface area contributed by atoms with Gasteiger partial charge in [0.1, 0.15) is 18.2 Å². The molecule has 5 nitrogen and oxygen atoms in total. The zero-order valence-electron chi connectivity index (χ0n) is 11.9. The number of rotatable bonds is 3. The van der Waals surface area contributed by atoms with Gasteiger partial charge >= 0.3 is 0 Å². The van der Waals surface area contributed by atoms with Crippen molar-refractivity contribution < 1.29 is 9.53 Å². The number of nitrogens with one attached hydrogen (secondary N) is 2. The summed E-state index contributed by atoms with van der Waals surface area (Å²) in [4.78, 5) is 12.2. The Bertz CT molecular complexity index is 723. The number of amidine groups is 1. The van der Waals surface area contributed by atoms with Crippen LogP contribution in [0.4, 0.5) is 5.69 Å². The Labute approximate surface area is 128 Å². The molecule has 2 aromatic carbocycles. The quantitative estimate of drug-likeness (QED) is 0.600. The number of hydrogen-bond donors (Lipinski definition) is 3. The Morgan fingerprint density at radius 1 is 1.14 bits per heavy atom. The molecule has 0 fully saturated rings. The first-order valence-corrected chi connectivity index (χ1v) is 7.00. The fourth-order valence-electron chi connectivity index (χ4n) is 2.34. The van der Waals surface area contributed by atoms with Crippen molar-refractivity contribution in [2.45, 2.75) is 12.8 Å². The summed E-state index contributed by atoms with van der Waals surface area (Å²) in [6, 6.07) is 12.2. The van der Waals surface area contributed by atoms with E-state index in [2.05, 4.69) is 5.32 Å². The van der Waals surface area contributed by atoms with E-state index in [1.165, 1.54) is 0 Å². The normalized spacial score (nSPS) is 12.9. The summed E-state index contributed by atoms with van der Waals surface area (Å²) in [6.07, 6.45) is 1.78. The van der Waals surface area contributed by atoms with Gasteiger partial charge in [-0.2, -0.15) is 0 Å². The van der Waals surface area contributed by atoms with Crippen molar-refractivity contribution in [1.82, 2.24) is 0 Å². The van der Waals surface area contributed by atoms with Crippen LogP contribution in [-0.4, -0.2) is 11.7 Å². The molecule has 1 aliphatic rings. The molecule has 0 unspecified atom stereocenters. The fourth-order valence-corrected chi connectivity index (χ4v) is 2.34. The number of carbonyl (C=O) groups is 1. The van der Waals surface area contributed by atoms with E-state index >= 15 is 0 Å². The lowest BCUT2D eigenvalue weighted by Gasteiger charge is -2.17. The summed E-state index contributed by atoms with van der Waals surface area (Å²) in [6.45, 7) is 1.79. The van der Waals surface area contributed by atoms with E-state index in [9.17, 15) is 4.79 Å². The molecule has 111 valence electrons. The van der Waals surface area contributed by atoms with E-state index in [-0.39, 0.29) is 11.7 Å². The van der Waals surface area contributed by atoms with Gasteiger partial charge in [-0.3, -0.25) is 10.2 Å². The molecule has 0 saturated carbocycles. The zero-order valence-corrected chi connectivity index (χ0v) is 11.9. The number of amides is 1. The van der Waals surface area contributed by atoms with E-state index in [0.29, 0.717) is 11.1 Å². The maximum absolute atomic E-state index is 12.2. The highest BCUT2D eigenvalue weighted by atomic mass is 16.5. The lowest BCUT2D eigenvalue weighted by molar-refractivity contribution is 0.102. The summed E-state index contributed by atoms with van der Waals surface area (Å²) in [5, 5.41) is 10.2. The Hall–Kier alpha value is -2.82. The van der Waals surface area contributed by atoms with Crippen LogP contribution in [0.1, 0.15) is 27.9 Å². The van der Waals surface area contributed by atoms with Crippen LogP contribution in [0.3, 0.4) is 0 Å². The van der Waals surface area contributed by atoms with Crippen molar-refractivity contribution in [3.8, 4) is 5.75 Å². The van der Waals surface area contributed by atoms with Gasteiger partial charge in [-0.15, -0.1) is 0 Å². The highest BCUT2D eigenvalue weighted by Crippen LogP contribution is 2.28. The van der Waals surface area contributed by atoms with Crippen molar-refractivity contribution in [1.29, 1.82) is 5.41 Å². The lowest BCUT2D eigenvalue weighted by Crippen LogP contribution is -2.14. The average molecular weight is 294 g/mol. The number of nitrogens with two attached hydrogens (primary N) is 1. The fraction of sp³-hybridized carbons (Fsp3) is 0.118. The van der Waals surface area contributed by atoms with E-state index < -0.39 is 0 Å². The van der Waals surface area contributed by atoms with Gasteiger partial charge in [0, 0.05) is 16.8 Å². The molecule has 1 amide bonds. The largest absolute Gasteiger partial charge is 0.486 e. The Kier molecular flexibility index (Phi) is 3.78. The van der Waals surface area contributed by atoms with Gasteiger partial charge in [-0.25, -0.2) is 0 Å². The number of fused-ring (bicyclic) bond motifs is 1. The maximum Gasteiger partial charge on any atom is 0.255 e. The number of carbonyl (C=O) groups excluding carboxylic acids is 1. The van der Waals surface area contributed by atoms with E-state index in [1.807, 2.05) is 18.2 Å². The number of nitrogen functional groups attached to an aromatic ring is 1. The minimum atomic E-state index is -0.196. The number of aryl methyl sites for hydroxylation is 1. The average Bonchev–Trinajstić information content (AvgIpc) is 2.55. The third-order valence-electron chi connectivity index (χ3n) is 3.52. The Morgan fingerprint density at radius 3 is 2.59 bits per heavy atom. The maximum atomic E-state index is 12.2. The molecule has 2 aromatic rings. The third kappa shape index (κ3) is 2.93. The summed E-state index contributed by atoms with van der Waals surface area (Å²) < 4.78 is 5.43. The molecule has 0 atom stereocenters. The molecule has 0 bridgehead atoms. The van der Waals surface area contributed by atoms with Gasteiger partial charge < -0.3 is 15.8 Å². The predicted molar refractivity (Wildman–Crippen MR) is 85.1 cm³/mol. The van der Waals surface area contributed by atoms with Crippen LogP contribution in [-0.2, 0) is 6.42 Å². The van der Waals surface area contributed by atoms with Gasteiger partial charge in [-0.1, -0.05) is 12.1 Å². The van der Waals surface area contributed by atoms with Crippen molar-refractivity contribution in [2.24, 2.45) is 5.73 Å². The molecule has 22 heavy (non-hydrogen) atoms. The van der Waals surface area contributed by atoms with Gasteiger partial charge in [0.25, 0.3) is 5.91 Å². The minimum Gasteiger partial charge on any atom is -0.486 e. The van der Waals surface area contributed by atoms with Crippen LogP contribution in [0.5, 0.6) is 5.75 Å². The second-order valence-corrected chi connectivity index (χ2v) is 5.09. The van der Waals surface area contributed by atoms with Crippen molar-refractivity contribution in [3.63, 3.8) is 0 Å². The standard InChI is InChI=1S/C17H16N3O2/c18-16(19)11-3-5-12(6-4-11)17(21)20-14-7-8-15-13(10-14)2-1-9-22-15/h3-10H,1-2H2,(H3,18,19)(H,20,21). The Balaban J connectivity index is 1.75. The van der Waals surface area contributed by atoms with Crippen molar-refractivity contribution in [2.75, 3.05) is 5.32 Å². The Morgan fingerprint density at radius 2 is 1.86 bits per heavy atom. The lowest BCUT2D eigenvalue weighted by atomic mass is 10.1.